The van der Waals surface area contributed by atoms with Crippen molar-refractivity contribution in [3.63, 3.8) is 0 Å². The van der Waals surface area contributed by atoms with Gasteiger partial charge < -0.3 is 24.8 Å². The summed E-state index contributed by atoms with van der Waals surface area (Å²) < 4.78 is 10.4. The fourth-order valence-electron chi connectivity index (χ4n) is 1.88. The molecule has 1 saturated heterocycles. The van der Waals surface area contributed by atoms with E-state index in [0.29, 0.717) is 0 Å². The Balaban J connectivity index is 2.52. The molecule has 7 nitrogen and oxygen atoms in total. The van der Waals surface area contributed by atoms with Gasteiger partial charge in [0.2, 0.25) is 0 Å². The number of alkyl carbamates (subject to hydrolysis) is 1. The van der Waals surface area contributed by atoms with Crippen molar-refractivity contribution in [1.29, 1.82) is 0 Å². The molecule has 122 valence electrons. The molecule has 1 fully saturated rings. The Labute approximate surface area is 125 Å². The minimum Gasteiger partial charge on any atom is -0.444 e. The fraction of sp³-hybridized carbons (Fsp3) is 0.857. The lowest BCUT2D eigenvalue weighted by Gasteiger charge is -2.48. The molecule has 0 radical (unpaired) electrons. The van der Waals surface area contributed by atoms with Gasteiger partial charge in [0, 0.05) is 0 Å². The van der Waals surface area contributed by atoms with Gasteiger partial charge in [-0.15, -0.1) is 0 Å². The van der Waals surface area contributed by atoms with E-state index in [1.165, 1.54) is 4.90 Å². The highest BCUT2D eigenvalue weighted by Gasteiger charge is 2.48. The van der Waals surface area contributed by atoms with Crippen LogP contribution in [0.1, 0.15) is 41.5 Å². The summed E-state index contributed by atoms with van der Waals surface area (Å²) in [7, 11) is 0. The second-order valence-corrected chi connectivity index (χ2v) is 7.40. The van der Waals surface area contributed by atoms with E-state index in [0.717, 1.165) is 0 Å². The molecule has 1 aliphatic heterocycles. The highest BCUT2D eigenvalue weighted by atomic mass is 16.6. The quantitative estimate of drug-likeness (QED) is 0.807. The van der Waals surface area contributed by atoms with Gasteiger partial charge in [-0.05, 0) is 41.5 Å². The van der Waals surface area contributed by atoms with Gasteiger partial charge in [0.15, 0.2) is 0 Å². The van der Waals surface area contributed by atoms with Crippen molar-refractivity contribution < 1.29 is 24.2 Å². The van der Waals surface area contributed by atoms with Crippen molar-refractivity contribution >= 4 is 12.2 Å². The Morgan fingerprint density at radius 3 is 1.95 bits per heavy atom. The molecule has 0 atom stereocenters. The molecule has 1 aliphatic rings. The highest BCUT2D eigenvalue weighted by Crippen LogP contribution is 2.24. The number of hydrogen-bond donors (Lipinski definition) is 2. The monoisotopic (exact) mass is 302 g/mol. The number of nitrogens with one attached hydrogen (secondary N) is 1. The number of aliphatic hydroxyl groups excluding tert-OH is 1. The summed E-state index contributed by atoms with van der Waals surface area (Å²) >= 11 is 0. The number of carbonyl (C=O) groups excluding carboxylic acids is 2. The van der Waals surface area contributed by atoms with E-state index < -0.39 is 28.9 Å². The standard InChI is InChI=1S/C14H26N2O5/c1-12(2,3)20-10(18)15-14(9-17)7-16(8-14)11(19)21-13(4,5)6/h17H,7-9H2,1-6H3,(H,15,18). The molecule has 21 heavy (non-hydrogen) atoms. The maximum absolute atomic E-state index is 11.8. The van der Waals surface area contributed by atoms with Crippen LogP contribution in [0, 0.1) is 0 Å². The fourth-order valence-corrected chi connectivity index (χ4v) is 1.88. The smallest absolute Gasteiger partial charge is 0.410 e. The molecular formula is C14H26N2O5. The summed E-state index contributed by atoms with van der Waals surface area (Å²) in [4.78, 5) is 25.0. The number of likely N-dealkylation sites (tertiary alicyclic amines) is 1. The number of nitrogens with zero attached hydrogens (tertiary/aromatic N) is 1. The number of rotatable bonds is 2. The van der Waals surface area contributed by atoms with E-state index in [1.807, 2.05) is 0 Å². The lowest BCUT2D eigenvalue weighted by atomic mass is 9.91. The summed E-state index contributed by atoms with van der Waals surface area (Å²) in [5.41, 5.74) is -2.05. The third-order valence-corrected chi connectivity index (χ3v) is 2.71. The predicted octanol–water partition coefficient (Wildman–Crippen LogP) is 1.49. The molecule has 0 aromatic carbocycles. The maximum Gasteiger partial charge on any atom is 0.410 e. The zero-order chi connectivity index (χ0) is 16.5. The zero-order valence-corrected chi connectivity index (χ0v) is 13.6. The Morgan fingerprint density at radius 1 is 1.10 bits per heavy atom. The van der Waals surface area contributed by atoms with Gasteiger partial charge in [-0.25, -0.2) is 9.59 Å². The predicted molar refractivity (Wildman–Crippen MR) is 77.0 cm³/mol. The lowest BCUT2D eigenvalue weighted by Crippen LogP contribution is -2.73. The molecule has 0 aliphatic carbocycles. The van der Waals surface area contributed by atoms with E-state index in [-0.39, 0.29) is 19.7 Å². The van der Waals surface area contributed by atoms with Crippen molar-refractivity contribution in [2.75, 3.05) is 19.7 Å². The topological polar surface area (TPSA) is 88.1 Å². The average Bonchev–Trinajstić information content (AvgIpc) is 2.17. The first-order valence-corrected chi connectivity index (χ1v) is 6.96. The van der Waals surface area contributed by atoms with Crippen LogP contribution in [0.4, 0.5) is 9.59 Å². The zero-order valence-electron chi connectivity index (χ0n) is 13.6. The van der Waals surface area contributed by atoms with Crippen LogP contribution in [0.5, 0.6) is 0 Å². The first-order chi connectivity index (χ1) is 9.36. The average molecular weight is 302 g/mol. The van der Waals surface area contributed by atoms with Gasteiger partial charge in [0.05, 0.1) is 19.7 Å². The molecule has 1 rings (SSSR count). The first-order valence-electron chi connectivity index (χ1n) is 6.96. The SMILES string of the molecule is CC(C)(C)OC(=O)NC1(CO)CN(C(=O)OC(C)(C)C)C1. The number of hydrogen-bond acceptors (Lipinski definition) is 5. The van der Waals surface area contributed by atoms with Crippen LogP contribution in [-0.2, 0) is 9.47 Å². The molecule has 0 aromatic rings. The van der Waals surface area contributed by atoms with Crippen LogP contribution in [0.2, 0.25) is 0 Å². The summed E-state index contributed by atoms with van der Waals surface area (Å²) in [6, 6.07) is 0. The number of carbonyl (C=O) groups is 2. The van der Waals surface area contributed by atoms with Crippen LogP contribution in [0.25, 0.3) is 0 Å². The van der Waals surface area contributed by atoms with Crippen molar-refractivity contribution in [2.45, 2.75) is 58.3 Å². The summed E-state index contributed by atoms with van der Waals surface area (Å²) in [6.07, 6.45) is -1.07. The molecule has 0 aromatic heterocycles. The van der Waals surface area contributed by atoms with Crippen molar-refractivity contribution in [3.8, 4) is 0 Å². The van der Waals surface area contributed by atoms with Gasteiger partial charge in [-0.3, -0.25) is 0 Å². The molecule has 7 heteroatoms. The molecule has 2 N–H and O–H groups in total. The summed E-state index contributed by atoms with van der Waals surface area (Å²) in [5.74, 6) is 0. The maximum atomic E-state index is 11.8. The van der Waals surface area contributed by atoms with E-state index in [2.05, 4.69) is 5.32 Å². The minimum atomic E-state index is -0.862. The first kappa shape index (κ1) is 17.6. The van der Waals surface area contributed by atoms with E-state index in [4.69, 9.17) is 9.47 Å². The Bertz CT molecular complexity index is 403. The van der Waals surface area contributed by atoms with Crippen LogP contribution in [-0.4, -0.2) is 58.6 Å². The molecule has 1 heterocycles. The summed E-state index contributed by atoms with van der Waals surface area (Å²) in [6.45, 7) is 10.7. The van der Waals surface area contributed by atoms with E-state index in [1.54, 1.807) is 41.5 Å². The Hall–Kier alpha value is -1.50. The minimum absolute atomic E-state index is 0.192. The number of amides is 2. The molecular weight excluding hydrogens is 276 g/mol. The summed E-state index contributed by atoms with van der Waals surface area (Å²) in [5, 5.41) is 12.1. The second-order valence-electron chi connectivity index (χ2n) is 7.40. The van der Waals surface area contributed by atoms with Crippen LogP contribution in [0.3, 0.4) is 0 Å². The Morgan fingerprint density at radius 2 is 1.57 bits per heavy atom. The van der Waals surface area contributed by atoms with Crippen LogP contribution >= 0.6 is 0 Å². The normalized spacial score (nSPS) is 17.8. The second kappa shape index (κ2) is 5.71. The van der Waals surface area contributed by atoms with Gasteiger partial charge in [0.25, 0.3) is 0 Å². The Kier molecular flexibility index (Phi) is 4.77. The van der Waals surface area contributed by atoms with Gasteiger partial charge in [-0.1, -0.05) is 0 Å². The number of aliphatic hydroxyl groups is 1. The molecule has 2 amide bonds. The molecule has 0 saturated carbocycles. The highest BCUT2D eigenvalue weighted by molar-refractivity contribution is 5.72. The van der Waals surface area contributed by atoms with Crippen LogP contribution < -0.4 is 5.32 Å². The van der Waals surface area contributed by atoms with Gasteiger partial charge >= 0.3 is 12.2 Å². The largest absolute Gasteiger partial charge is 0.444 e. The van der Waals surface area contributed by atoms with E-state index in [9.17, 15) is 14.7 Å². The van der Waals surface area contributed by atoms with Crippen molar-refractivity contribution in [2.24, 2.45) is 0 Å². The van der Waals surface area contributed by atoms with Crippen molar-refractivity contribution in [3.05, 3.63) is 0 Å². The number of ether oxygens (including phenoxy) is 2. The van der Waals surface area contributed by atoms with Crippen molar-refractivity contribution in [1.82, 2.24) is 10.2 Å². The molecule has 0 unspecified atom stereocenters. The van der Waals surface area contributed by atoms with E-state index >= 15 is 0 Å². The van der Waals surface area contributed by atoms with Crippen LogP contribution in [0.15, 0.2) is 0 Å². The third kappa shape index (κ3) is 5.41. The molecule has 0 bridgehead atoms. The lowest BCUT2D eigenvalue weighted by molar-refractivity contribution is -0.0358. The molecule has 0 spiro atoms. The van der Waals surface area contributed by atoms with Gasteiger partial charge in [-0.2, -0.15) is 0 Å². The van der Waals surface area contributed by atoms with Gasteiger partial charge in [0.1, 0.15) is 16.7 Å². The third-order valence-electron chi connectivity index (χ3n) is 2.71.